The van der Waals surface area contributed by atoms with Gasteiger partial charge in [-0.2, -0.15) is 0 Å². The number of rotatable bonds is 1. The van der Waals surface area contributed by atoms with Crippen LogP contribution in [0.5, 0.6) is 0 Å². The van der Waals surface area contributed by atoms with Gasteiger partial charge in [0.2, 0.25) is 0 Å². The van der Waals surface area contributed by atoms with Crippen molar-refractivity contribution in [1.82, 2.24) is 0 Å². The Morgan fingerprint density at radius 1 is 1.47 bits per heavy atom. The Labute approximate surface area is 88.4 Å². The zero-order valence-corrected chi connectivity index (χ0v) is 8.87. The van der Waals surface area contributed by atoms with Crippen molar-refractivity contribution in [1.29, 1.82) is 0 Å². The van der Waals surface area contributed by atoms with Crippen molar-refractivity contribution < 1.29 is 4.39 Å². The standard InChI is InChI=1S/C11H14FN3/c1-11(2)7-14-10(13)15(11)9-5-3-4-8(12)6-9/h3-6H,7H2,1-2H3,(H2,13,14). The van der Waals surface area contributed by atoms with E-state index in [2.05, 4.69) is 4.99 Å². The minimum atomic E-state index is -0.261. The van der Waals surface area contributed by atoms with Crippen molar-refractivity contribution >= 4 is 11.6 Å². The molecule has 0 radical (unpaired) electrons. The summed E-state index contributed by atoms with van der Waals surface area (Å²) in [7, 11) is 0. The van der Waals surface area contributed by atoms with Gasteiger partial charge in [-0.25, -0.2) is 4.39 Å². The molecule has 0 aromatic heterocycles. The highest BCUT2D eigenvalue weighted by atomic mass is 19.1. The molecular weight excluding hydrogens is 193 g/mol. The number of hydrogen-bond donors (Lipinski definition) is 1. The maximum absolute atomic E-state index is 13.1. The topological polar surface area (TPSA) is 41.6 Å². The number of anilines is 1. The van der Waals surface area contributed by atoms with Gasteiger partial charge in [-0.15, -0.1) is 0 Å². The zero-order chi connectivity index (χ0) is 11.1. The molecule has 3 nitrogen and oxygen atoms in total. The molecule has 4 heteroatoms. The molecule has 0 aliphatic carbocycles. The molecule has 1 heterocycles. The first kappa shape index (κ1) is 9.96. The Kier molecular flexibility index (Phi) is 2.14. The molecule has 15 heavy (non-hydrogen) atoms. The van der Waals surface area contributed by atoms with E-state index in [0.29, 0.717) is 12.5 Å². The highest BCUT2D eigenvalue weighted by Gasteiger charge is 2.34. The first-order valence-corrected chi connectivity index (χ1v) is 4.86. The fourth-order valence-corrected chi connectivity index (χ4v) is 1.82. The quantitative estimate of drug-likeness (QED) is 0.762. The van der Waals surface area contributed by atoms with Crippen molar-refractivity contribution in [2.45, 2.75) is 19.4 Å². The maximum Gasteiger partial charge on any atom is 0.196 e. The third-order valence-corrected chi connectivity index (χ3v) is 2.53. The van der Waals surface area contributed by atoms with Crippen molar-refractivity contribution in [3.63, 3.8) is 0 Å². The molecule has 80 valence electrons. The molecular formula is C11H14FN3. The van der Waals surface area contributed by atoms with Gasteiger partial charge < -0.3 is 10.6 Å². The van der Waals surface area contributed by atoms with Crippen LogP contribution in [0.15, 0.2) is 29.3 Å². The first-order chi connectivity index (χ1) is 7.00. The first-order valence-electron chi connectivity index (χ1n) is 4.86. The largest absolute Gasteiger partial charge is 0.369 e. The molecule has 1 aliphatic rings. The summed E-state index contributed by atoms with van der Waals surface area (Å²) in [5, 5.41) is 0. The van der Waals surface area contributed by atoms with Crippen molar-refractivity contribution in [3.8, 4) is 0 Å². The van der Waals surface area contributed by atoms with Crippen LogP contribution in [-0.4, -0.2) is 18.0 Å². The van der Waals surface area contributed by atoms with Gasteiger partial charge in [-0.3, -0.25) is 4.99 Å². The average Bonchev–Trinajstić information content (AvgIpc) is 2.40. The number of halogens is 1. The van der Waals surface area contributed by atoms with E-state index in [4.69, 9.17) is 5.73 Å². The summed E-state index contributed by atoms with van der Waals surface area (Å²) in [6, 6.07) is 6.39. The van der Waals surface area contributed by atoms with Gasteiger partial charge >= 0.3 is 0 Å². The summed E-state index contributed by atoms with van der Waals surface area (Å²) in [4.78, 5) is 6.03. The Hall–Kier alpha value is -1.58. The van der Waals surface area contributed by atoms with Crippen LogP contribution in [0.25, 0.3) is 0 Å². The second-order valence-electron chi connectivity index (χ2n) is 4.30. The molecule has 1 aromatic rings. The van der Waals surface area contributed by atoms with Crippen LogP contribution in [-0.2, 0) is 0 Å². The number of nitrogens with zero attached hydrogens (tertiary/aromatic N) is 2. The van der Waals surface area contributed by atoms with Gasteiger partial charge in [0.25, 0.3) is 0 Å². The van der Waals surface area contributed by atoms with Crippen molar-refractivity contribution in [3.05, 3.63) is 30.1 Å². The van der Waals surface area contributed by atoms with Crippen molar-refractivity contribution in [2.24, 2.45) is 10.7 Å². The lowest BCUT2D eigenvalue weighted by Crippen LogP contribution is -2.47. The molecule has 0 amide bonds. The molecule has 0 unspecified atom stereocenters. The van der Waals surface area contributed by atoms with E-state index in [0.717, 1.165) is 5.69 Å². The monoisotopic (exact) mass is 207 g/mol. The molecule has 0 saturated heterocycles. The van der Waals surface area contributed by atoms with E-state index in [1.165, 1.54) is 12.1 Å². The zero-order valence-electron chi connectivity index (χ0n) is 8.87. The third-order valence-electron chi connectivity index (χ3n) is 2.53. The lowest BCUT2D eigenvalue weighted by Gasteiger charge is -2.32. The number of guanidine groups is 1. The van der Waals surface area contributed by atoms with E-state index in [-0.39, 0.29) is 11.4 Å². The van der Waals surface area contributed by atoms with Gasteiger partial charge in [-0.05, 0) is 32.0 Å². The summed E-state index contributed by atoms with van der Waals surface area (Å²) < 4.78 is 13.1. The fourth-order valence-electron chi connectivity index (χ4n) is 1.82. The lowest BCUT2D eigenvalue weighted by atomic mass is 10.0. The molecule has 2 rings (SSSR count). The number of hydrogen-bond acceptors (Lipinski definition) is 3. The summed E-state index contributed by atoms with van der Waals surface area (Å²) in [5.74, 6) is 0.189. The normalized spacial score (nSPS) is 19.1. The second kappa shape index (κ2) is 3.22. The van der Waals surface area contributed by atoms with Crippen LogP contribution in [0.4, 0.5) is 10.1 Å². The smallest absolute Gasteiger partial charge is 0.196 e. The van der Waals surface area contributed by atoms with Crippen LogP contribution < -0.4 is 10.6 Å². The Morgan fingerprint density at radius 3 is 2.73 bits per heavy atom. The predicted molar refractivity (Wildman–Crippen MR) is 59.4 cm³/mol. The summed E-state index contributed by atoms with van der Waals surface area (Å²) in [5.41, 5.74) is 6.36. The predicted octanol–water partition coefficient (Wildman–Crippen LogP) is 1.74. The van der Waals surface area contributed by atoms with Gasteiger partial charge in [0.1, 0.15) is 5.82 Å². The van der Waals surface area contributed by atoms with Gasteiger partial charge in [0, 0.05) is 5.69 Å². The van der Waals surface area contributed by atoms with E-state index < -0.39 is 0 Å². The molecule has 0 atom stereocenters. The van der Waals surface area contributed by atoms with E-state index in [1.54, 1.807) is 6.07 Å². The Bertz CT molecular complexity index is 412. The molecule has 0 spiro atoms. The molecule has 2 N–H and O–H groups in total. The minimum Gasteiger partial charge on any atom is -0.369 e. The maximum atomic E-state index is 13.1. The Balaban J connectivity index is 2.42. The van der Waals surface area contributed by atoms with Crippen molar-refractivity contribution in [2.75, 3.05) is 11.4 Å². The highest BCUT2D eigenvalue weighted by Crippen LogP contribution is 2.28. The second-order valence-corrected chi connectivity index (χ2v) is 4.30. The van der Waals surface area contributed by atoms with Crippen LogP contribution in [0.1, 0.15) is 13.8 Å². The third kappa shape index (κ3) is 1.67. The molecule has 1 aliphatic heterocycles. The highest BCUT2D eigenvalue weighted by molar-refractivity contribution is 5.98. The SMILES string of the molecule is CC1(C)CN=C(N)N1c1cccc(F)c1. The molecule has 0 fully saturated rings. The van der Waals surface area contributed by atoms with Gasteiger partial charge in [-0.1, -0.05) is 6.07 Å². The lowest BCUT2D eigenvalue weighted by molar-refractivity contribution is 0.555. The molecule has 1 aromatic carbocycles. The fraction of sp³-hybridized carbons (Fsp3) is 0.364. The summed E-state index contributed by atoms with van der Waals surface area (Å²) in [6.45, 7) is 4.69. The van der Waals surface area contributed by atoms with Crippen LogP contribution in [0, 0.1) is 5.82 Å². The van der Waals surface area contributed by atoms with E-state index in [9.17, 15) is 4.39 Å². The number of aliphatic imine (C=N–C) groups is 1. The van der Waals surface area contributed by atoms with Crippen LogP contribution in [0.3, 0.4) is 0 Å². The van der Waals surface area contributed by atoms with Crippen LogP contribution in [0.2, 0.25) is 0 Å². The summed E-state index contributed by atoms with van der Waals surface area (Å²) in [6.07, 6.45) is 0. The van der Waals surface area contributed by atoms with Gasteiger partial charge in [0.05, 0.1) is 12.1 Å². The average molecular weight is 207 g/mol. The minimum absolute atomic E-state index is 0.183. The van der Waals surface area contributed by atoms with E-state index in [1.807, 2.05) is 24.8 Å². The molecule has 0 saturated carbocycles. The Morgan fingerprint density at radius 2 is 2.20 bits per heavy atom. The van der Waals surface area contributed by atoms with Crippen LogP contribution >= 0.6 is 0 Å². The molecule has 0 bridgehead atoms. The van der Waals surface area contributed by atoms with E-state index >= 15 is 0 Å². The van der Waals surface area contributed by atoms with Gasteiger partial charge in [0.15, 0.2) is 5.96 Å². The number of nitrogens with two attached hydrogens (primary N) is 1. The number of benzene rings is 1. The summed E-state index contributed by atoms with van der Waals surface area (Å²) >= 11 is 0.